The van der Waals surface area contributed by atoms with E-state index in [1.165, 1.54) is 22.0 Å². The van der Waals surface area contributed by atoms with Crippen molar-refractivity contribution in [2.45, 2.75) is 43.5 Å². The van der Waals surface area contributed by atoms with Crippen LogP contribution >= 0.6 is 15.9 Å². The second-order valence-corrected chi connectivity index (χ2v) is 10.3. The molecule has 6 nitrogen and oxygen atoms in total. The van der Waals surface area contributed by atoms with Crippen LogP contribution in [0.4, 0.5) is 5.69 Å². The van der Waals surface area contributed by atoms with Gasteiger partial charge in [0.05, 0.1) is 11.4 Å². The predicted molar refractivity (Wildman–Crippen MR) is 123 cm³/mol. The van der Waals surface area contributed by atoms with Crippen LogP contribution in [0.15, 0.2) is 57.9 Å². The quantitative estimate of drug-likeness (QED) is 0.551. The van der Waals surface area contributed by atoms with Crippen molar-refractivity contribution < 1.29 is 13.2 Å². The summed E-state index contributed by atoms with van der Waals surface area (Å²) in [6, 6.07) is 14.5. The smallest absolute Gasteiger partial charge is 0.243 e. The minimum atomic E-state index is -3.50. The van der Waals surface area contributed by atoms with Gasteiger partial charge in [0, 0.05) is 28.8 Å². The molecule has 3 rings (SSSR count). The fourth-order valence-electron chi connectivity index (χ4n) is 3.74. The third-order valence-electron chi connectivity index (χ3n) is 5.67. The van der Waals surface area contributed by atoms with Gasteiger partial charge in [-0.1, -0.05) is 41.9 Å². The van der Waals surface area contributed by atoms with Gasteiger partial charge in [-0.15, -0.1) is 0 Å². The molecule has 162 valence electrons. The van der Waals surface area contributed by atoms with Crippen molar-refractivity contribution in [2.24, 2.45) is 0 Å². The Morgan fingerprint density at radius 1 is 1.03 bits per heavy atom. The molecule has 2 N–H and O–H groups in total. The van der Waals surface area contributed by atoms with Crippen LogP contribution in [0.25, 0.3) is 0 Å². The van der Waals surface area contributed by atoms with Crippen molar-refractivity contribution in [3.05, 3.63) is 58.6 Å². The molecule has 0 spiro atoms. The van der Waals surface area contributed by atoms with Gasteiger partial charge in [0.25, 0.3) is 0 Å². The van der Waals surface area contributed by atoms with Crippen LogP contribution in [-0.4, -0.2) is 38.3 Å². The molecular weight excluding hydrogens is 466 g/mol. The van der Waals surface area contributed by atoms with Crippen molar-refractivity contribution in [1.82, 2.24) is 9.62 Å². The van der Waals surface area contributed by atoms with E-state index in [0.717, 1.165) is 23.7 Å². The lowest BCUT2D eigenvalue weighted by Gasteiger charge is -2.43. The molecule has 0 unspecified atom stereocenters. The molecule has 1 fully saturated rings. The number of hydrogen-bond acceptors (Lipinski definition) is 4. The Morgan fingerprint density at radius 3 is 2.13 bits per heavy atom. The van der Waals surface area contributed by atoms with Gasteiger partial charge in [0.15, 0.2) is 0 Å². The number of hydrogen-bond donors (Lipinski definition) is 2. The molecule has 1 saturated carbocycles. The summed E-state index contributed by atoms with van der Waals surface area (Å²) in [6.07, 6.45) is 3.13. The number of halogens is 1. The maximum Gasteiger partial charge on any atom is 0.243 e. The Bertz CT molecular complexity index is 968. The number of amides is 1. The summed E-state index contributed by atoms with van der Waals surface area (Å²) >= 11 is 3.46. The highest BCUT2D eigenvalue weighted by Crippen LogP contribution is 2.41. The molecule has 0 aliphatic heterocycles. The third-order valence-corrected chi connectivity index (χ3v) is 8.27. The second kappa shape index (κ2) is 9.60. The molecule has 1 aliphatic rings. The largest absolute Gasteiger partial charge is 0.325 e. The first-order valence-corrected chi connectivity index (χ1v) is 12.4. The zero-order chi connectivity index (χ0) is 21.8. The lowest BCUT2D eigenvalue weighted by molar-refractivity contribution is -0.116. The maximum absolute atomic E-state index is 12.6. The van der Waals surface area contributed by atoms with Crippen molar-refractivity contribution in [3.8, 4) is 0 Å². The summed E-state index contributed by atoms with van der Waals surface area (Å²) in [6.45, 7) is 4.65. The first kappa shape index (κ1) is 22.9. The molecule has 8 heteroatoms. The Morgan fingerprint density at radius 2 is 1.63 bits per heavy atom. The highest BCUT2D eigenvalue weighted by atomic mass is 79.9. The Kier molecular flexibility index (Phi) is 7.34. The van der Waals surface area contributed by atoms with Crippen molar-refractivity contribution in [1.29, 1.82) is 0 Å². The number of nitrogens with one attached hydrogen (secondary N) is 2. The standard InChI is InChI=1S/C22H28BrN3O3S/c1-3-26(4-2)30(28,29)20-12-10-19(11-13-20)25-21(27)16-24-22(14-5-15-22)17-6-8-18(23)9-7-17/h6-13,24H,3-5,14-16H2,1-2H3,(H,25,27). The van der Waals surface area contributed by atoms with E-state index in [0.29, 0.717) is 18.8 Å². The fraction of sp³-hybridized carbons (Fsp3) is 0.409. The third kappa shape index (κ3) is 4.94. The molecule has 0 saturated heterocycles. The van der Waals surface area contributed by atoms with E-state index in [1.54, 1.807) is 12.1 Å². The van der Waals surface area contributed by atoms with E-state index in [1.807, 2.05) is 26.0 Å². The molecule has 1 amide bonds. The number of anilines is 1. The van der Waals surface area contributed by atoms with Gasteiger partial charge in [0.2, 0.25) is 15.9 Å². The lowest BCUT2D eigenvalue weighted by atomic mass is 9.72. The summed E-state index contributed by atoms with van der Waals surface area (Å²) in [5, 5.41) is 6.27. The van der Waals surface area contributed by atoms with Crippen LogP contribution in [0.1, 0.15) is 38.7 Å². The monoisotopic (exact) mass is 493 g/mol. The molecule has 30 heavy (non-hydrogen) atoms. The Balaban J connectivity index is 1.60. The fourth-order valence-corrected chi connectivity index (χ4v) is 5.47. The van der Waals surface area contributed by atoms with E-state index in [9.17, 15) is 13.2 Å². The number of benzene rings is 2. The van der Waals surface area contributed by atoms with Gasteiger partial charge in [-0.05, 0) is 61.2 Å². The lowest BCUT2D eigenvalue weighted by Crippen LogP contribution is -2.50. The molecule has 0 atom stereocenters. The molecular formula is C22H28BrN3O3S. The van der Waals surface area contributed by atoms with Crippen LogP contribution in [0, 0.1) is 0 Å². The zero-order valence-corrected chi connectivity index (χ0v) is 19.7. The first-order valence-electron chi connectivity index (χ1n) is 10.2. The summed E-state index contributed by atoms with van der Waals surface area (Å²) in [5.74, 6) is -0.155. The molecule has 1 aliphatic carbocycles. The van der Waals surface area contributed by atoms with Gasteiger partial charge in [-0.2, -0.15) is 4.31 Å². The van der Waals surface area contributed by atoms with Crippen molar-refractivity contribution >= 4 is 37.5 Å². The average Bonchev–Trinajstić information content (AvgIpc) is 2.69. The molecule has 2 aromatic rings. The number of sulfonamides is 1. The number of carbonyl (C=O) groups is 1. The minimum absolute atomic E-state index is 0.153. The predicted octanol–water partition coefficient (Wildman–Crippen LogP) is 4.09. The SMILES string of the molecule is CCN(CC)S(=O)(=O)c1ccc(NC(=O)CNC2(c3ccc(Br)cc3)CCC2)cc1. The Hall–Kier alpha value is -1.74. The van der Waals surface area contributed by atoms with Gasteiger partial charge < -0.3 is 5.32 Å². The van der Waals surface area contributed by atoms with Gasteiger partial charge in [-0.3, -0.25) is 10.1 Å². The van der Waals surface area contributed by atoms with Crippen LogP contribution < -0.4 is 10.6 Å². The molecule has 0 radical (unpaired) electrons. The van der Waals surface area contributed by atoms with Crippen molar-refractivity contribution in [2.75, 3.05) is 25.0 Å². The molecule has 0 bridgehead atoms. The number of carbonyl (C=O) groups excluding carboxylic acids is 1. The highest BCUT2D eigenvalue weighted by molar-refractivity contribution is 9.10. The van der Waals surface area contributed by atoms with Gasteiger partial charge in [-0.25, -0.2) is 8.42 Å². The van der Waals surface area contributed by atoms with E-state index in [4.69, 9.17) is 0 Å². The van der Waals surface area contributed by atoms with Gasteiger partial charge in [0.1, 0.15) is 0 Å². The summed E-state index contributed by atoms with van der Waals surface area (Å²) in [5.41, 5.74) is 1.61. The normalized spacial score (nSPS) is 15.6. The van der Waals surface area contributed by atoms with Crippen LogP contribution in [0.2, 0.25) is 0 Å². The number of rotatable bonds is 9. The molecule has 0 heterocycles. The average molecular weight is 494 g/mol. The Labute approximate surface area is 187 Å². The van der Waals surface area contributed by atoms with Crippen LogP contribution in [0.3, 0.4) is 0 Å². The zero-order valence-electron chi connectivity index (χ0n) is 17.3. The summed E-state index contributed by atoms with van der Waals surface area (Å²) < 4.78 is 27.6. The van der Waals surface area contributed by atoms with Crippen LogP contribution in [0.5, 0.6) is 0 Å². The summed E-state index contributed by atoms with van der Waals surface area (Å²) in [4.78, 5) is 12.7. The first-order chi connectivity index (χ1) is 14.3. The maximum atomic E-state index is 12.6. The van der Waals surface area contributed by atoms with E-state index in [2.05, 4.69) is 38.7 Å². The van der Waals surface area contributed by atoms with E-state index >= 15 is 0 Å². The van der Waals surface area contributed by atoms with Crippen LogP contribution in [-0.2, 0) is 20.4 Å². The molecule has 2 aromatic carbocycles. The molecule has 0 aromatic heterocycles. The number of nitrogens with zero attached hydrogens (tertiary/aromatic N) is 1. The van der Waals surface area contributed by atoms with E-state index in [-0.39, 0.29) is 22.9 Å². The minimum Gasteiger partial charge on any atom is -0.325 e. The van der Waals surface area contributed by atoms with Gasteiger partial charge >= 0.3 is 0 Å². The van der Waals surface area contributed by atoms with Crippen molar-refractivity contribution in [3.63, 3.8) is 0 Å². The second-order valence-electron chi connectivity index (χ2n) is 7.46. The van der Waals surface area contributed by atoms with E-state index < -0.39 is 10.0 Å². The highest BCUT2D eigenvalue weighted by Gasteiger charge is 2.38. The summed E-state index contributed by atoms with van der Waals surface area (Å²) in [7, 11) is -3.50. The topological polar surface area (TPSA) is 78.5 Å².